The number of amides is 1. The van der Waals surface area contributed by atoms with Gasteiger partial charge in [0.2, 0.25) is 5.91 Å². The molecule has 2 saturated heterocycles. The lowest BCUT2D eigenvalue weighted by molar-refractivity contribution is -0.120. The van der Waals surface area contributed by atoms with Crippen LogP contribution in [0.25, 0.3) is 0 Å². The van der Waals surface area contributed by atoms with E-state index in [2.05, 4.69) is 17.6 Å². The molecule has 1 amide bonds. The summed E-state index contributed by atoms with van der Waals surface area (Å²) >= 11 is 6.44. The van der Waals surface area contributed by atoms with E-state index in [1.165, 1.54) is 6.42 Å². The first-order valence-electron chi connectivity index (χ1n) is 8.33. The van der Waals surface area contributed by atoms with Crippen LogP contribution in [0, 0.1) is 0 Å². The first kappa shape index (κ1) is 16.4. The van der Waals surface area contributed by atoms with Crippen molar-refractivity contribution in [2.24, 2.45) is 0 Å². The number of hydrogen-bond donors (Lipinski definition) is 2. The van der Waals surface area contributed by atoms with Gasteiger partial charge in [0.1, 0.15) is 0 Å². The van der Waals surface area contributed by atoms with Gasteiger partial charge in [-0.2, -0.15) is 0 Å². The quantitative estimate of drug-likeness (QED) is 0.887. The number of piperazine rings is 1. The Morgan fingerprint density at radius 2 is 2.30 bits per heavy atom. The number of nitrogens with one attached hydrogen (secondary N) is 2. The lowest BCUT2D eigenvalue weighted by atomic mass is 10.0. The van der Waals surface area contributed by atoms with Crippen molar-refractivity contribution in [1.82, 2.24) is 5.32 Å². The SMILES string of the molecule is CC(Nc1ccc(N2CCNC(=O)C2)c(Cl)c1)C1CCCCO1. The molecule has 0 saturated carbocycles. The second-order valence-corrected chi connectivity index (χ2v) is 6.68. The molecular weight excluding hydrogens is 314 g/mol. The van der Waals surface area contributed by atoms with E-state index in [0.29, 0.717) is 18.1 Å². The summed E-state index contributed by atoms with van der Waals surface area (Å²) in [4.78, 5) is 13.5. The molecule has 126 valence electrons. The molecule has 2 N–H and O–H groups in total. The van der Waals surface area contributed by atoms with Gasteiger partial charge in [-0.25, -0.2) is 0 Å². The van der Waals surface area contributed by atoms with Crippen molar-refractivity contribution >= 4 is 28.9 Å². The Hall–Kier alpha value is -1.46. The fourth-order valence-corrected chi connectivity index (χ4v) is 3.51. The summed E-state index contributed by atoms with van der Waals surface area (Å²) in [7, 11) is 0. The Kier molecular flexibility index (Phi) is 5.28. The van der Waals surface area contributed by atoms with Gasteiger partial charge in [-0.1, -0.05) is 11.6 Å². The van der Waals surface area contributed by atoms with Gasteiger partial charge in [-0.15, -0.1) is 0 Å². The summed E-state index contributed by atoms with van der Waals surface area (Å²) < 4.78 is 5.82. The van der Waals surface area contributed by atoms with Crippen LogP contribution in [0.1, 0.15) is 26.2 Å². The molecule has 23 heavy (non-hydrogen) atoms. The highest BCUT2D eigenvalue weighted by molar-refractivity contribution is 6.33. The minimum atomic E-state index is 0.0394. The number of carbonyl (C=O) groups is 1. The Morgan fingerprint density at radius 3 is 3.00 bits per heavy atom. The molecule has 1 aromatic rings. The van der Waals surface area contributed by atoms with Crippen molar-refractivity contribution in [2.75, 3.05) is 36.5 Å². The van der Waals surface area contributed by atoms with Crippen LogP contribution in [0.3, 0.4) is 0 Å². The third kappa shape index (κ3) is 4.09. The van der Waals surface area contributed by atoms with E-state index in [1.54, 1.807) is 0 Å². The largest absolute Gasteiger partial charge is 0.380 e. The number of nitrogens with zero attached hydrogens (tertiary/aromatic N) is 1. The maximum absolute atomic E-state index is 11.5. The molecule has 6 heteroatoms. The van der Waals surface area contributed by atoms with E-state index < -0.39 is 0 Å². The van der Waals surface area contributed by atoms with E-state index in [9.17, 15) is 4.79 Å². The maximum Gasteiger partial charge on any atom is 0.239 e. The fourth-order valence-electron chi connectivity index (χ4n) is 3.21. The van der Waals surface area contributed by atoms with E-state index in [0.717, 1.165) is 37.4 Å². The predicted molar refractivity (Wildman–Crippen MR) is 93.4 cm³/mol. The third-order valence-electron chi connectivity index (χ3n) is 4.49. The summed E-state index contributed by atoms with van der Waals surface area (Å²) in [5, 5.41) is 6.98. The van der Waals surface area contributed by atoms with Crippen molar-refractivity contribution in [1.29, 1.82) is 0 Å². The number of ether oxygens (including phenoxy) is 1. The molecule has 0 spiro atoms. The number of halogens is 1. The Balaban J connectivity index is 1.65. The zero-order valence-corrected chi connectivity index (χ0v) is 14.2. The standard InChI is InChI=1S/C17H24ClN3O2/c1-12(16-4-2-3-9-23-16)20-13-5-6-15(14(18)10-13)21-8-7-19-17(22)11-21/h5-6,10,12,16,20H,2-4,7-9,11H2,1H3,(H,19,22). The smallest absolute Gasteiger partial charge is 0.239 e. The topological polar surface area (TPSA) is 53.6 Å². The van der Waals surface area contributed by atoms with Gasteiger partial charge in [0.25, 0.3) is 0 Å². The molecule has 2 aliphatic rings. The van der Waals surface area contributed by atoms with Crippen LogP contribution in [-0.4, -0.2) is 44.3 Å². The van der Waals surface area contributed by atoms with Crippen LogP contribution >= 0.6 is 11.6 Å². The van der Waals surface area contributed by atoms with Crippen LogP contribution in [0.5, 0.6) is 0 Å². The first-order valence-corrected chi connectivity index (χ1v) is 8.70. The van der Waals surface area contributed by atoms with Crippen molar-refractivity contribution in [3.05, 3.63) is 23.2 Å². The van der Waals surface area contributed by atoms with Crippen molar-refractivity contribution in [2.45, 2.75) is 38.3 Å². The number of benzene rings is 1. The number of carbonyl (C=O) groups excluding carboxylic acids is 1. The highest BCUT2D eigenvalue weighted by Crippen LogP contribution is 2.30. The summed E-state index contributed by atoms with van der Waals surface area (Å²) in [5.41, 5.74) is 1.90. The molecule has 0 bridgehead atoms. The highest BCUT2D eigenvalue weighted by Gasteiger charge is 2.22. The predicted octanol–water partition coefficient (Wildman–Crippen LogP) is 2.65. The van der Waals surface area contributed by atoms with Crippen LogP contribution in [0.2, 0.25) is 5.02 Å². The number of rotatable bonds is 4. The van der Waals surface area contributed by atoms with E-state index in [1.807, 2.05) is 23.1 Å². The van der Waals surface area contributed by atoms with E-state index in [-0.39, 0.29) is 18.1 Å². The maximum atomic E-state index is 11.5. The lowest BCUT2D eigenvalue weighted by Crippen LogP contribution is -2.47. The van der Waals surface area contributed by atoms with Gasteiger partial charge < -0.3 is 20.3 Å². The molecule has 1 aromatic carbocycles. The molecule has 2 fully saturated rings. The summed E-state index contributed by atoms with van der Waals surface area (Å²) in [5.74, 6) is 0.0394. The van der Waals surface area contributed by atoms with Gasteiger partial charge >= 0.3 is 0 Å². The minimum absolute atomic E-state index is 0.0394. The van der Waals surface area contributed by atoms with Gasteiger partial charge in [-0.05, 0) is 44.4 Å². The second-order valence-electron chi connectivity index (χ2n) is 6.28. The molecule has 5 nitrogen and oxygen atoms in total. The molecule has 0 aliphatic carbocycles. The third-order valence-corrected chi connectivity index (χ3v) is 4.80. The number of hydrogen-bond acceptors (Lipinski definition) is 4. The molecule has 2 atom stereocenters. The molecule has 0 aromatic heterocycles. The van der Waals surface area contributed by atoms with Crippen molar-refractivity contribution in [3.8, 4) is 0 Å². The zero-order valence-electron chi connectivity index (χ0n) is 13.5. The number of anilines is 2. The monoisotopic (exact) mass is 337 g/mol. The summed E-state index contributed by atoms with van der Waals surface area (Å²) in [6, 6.07) is 6.19. The van der Waals surface area contributed by atoms with Gasteiger partial charge in [0, 0.05) is 31.4 Å². The first-order chi connectivity index (χ1) is 11.1. The highest BCUT2D eigenvalue weighted by atomic mass is 35.5. The normalized spacial score (nSPS) is 23.3. The molecule has 0 radical (unpaired) electrons. The van der Waals surface area contributed by atoms with Crippen LogP contribution in [0.4, 0.5) is 11.4 Å². The molecule has 2 aliphatic heterocycles. The average Bonchev–Trinajstić information content (AvgIpc) is 2.56. The van der Waals surface area contributed by atoms with Gasteiger partial charge in [0.05, 0.1) is 23.4 Å². The van der Waals surface area contributed by atoms with E-state index >= 15 is 0 Å². The zero-order chi connectivity index (χ0) is 16.2. The Morgan fingerprint density at radius 1 is 1.43 bits per heavy atom. The minimum Gasteiger partial charge on any atom is -0.380 e. The fraction of sp³-hybridized carbons (Fsp3) is 0.588. The van der Waals surface area contributed by atoms with Crippen molar-refractivity contribution < 1.29 is 9.53 Å². The van der Waals surface area contributed by atoms with Crippen LogP contribution in [0.15, 0.2) is 18.2 Å². The molecular formula is C17H24ClN3O2. The Labute approximate surface area is 142 Å². The second kappa shape index (κ2) is 7.41. The van der Waals surface area contributed by atoms with Crippen LogP contribution < -0.4 is 15.5 Å². The van der Waals surface area contributed by atoms with Crippen LogP contribution in [-0.2, 0) is 9.53 Å². The molecule has 3 rings (SSSR count). The summed E-state index contributed by atoms with van der Waals surface area (Å²) in [6.07, 6.45) is 3.75. The van der Waals surface area contributed by atoms with Gasteiger partial charge in [-0.3, -0.25) is 4.79 Å². The Bertz CT molecular complexity index is 561. The van der Waals surface area contributed by atoms with E-state index in [4.69, 9.17) is 16.3 Å². The molecule has 2 unspecified atom stereocenters. The molecule has 2 heterocycles. The average molecular weight is 338 g/mol. The van der Waals surface area contributed by atoms with Crippen molar-refractivity contribution in [3.63, 3.8) is 0 Å². The summed E-state index contributed by atoms with van der Waals surface area (Å²) in [6.45, 7) is 4.80. The lowest BCUT2D eigenvalue weighted by Gasteiger charge is -2.31. The van der Waals surface area contributed by atoms with Gasteiger partial charge in [0.15, 0.2) is 0 Å².